The van der Waals surface area contributed by atoms with E-state index in [0.717, 1.165) is 13.1 Å². The Morgan fingerprint density at radius 3 is 2.50 bits per heavy atom. The third kappa shape index (κ3) is 4.10. The van der Waals surface area contributed by atoms with Gasteiger partial charge in [-0.2, -0.15) is 0 Å². The van der Waals surface area contributed by atoms with E-state index in [-0.39, 0.29) is 5.91 Å². The lowest BCUT2D eigenvalue weighted by molar-refractivity contribution is -0.134. The third-order valence-electron chi connectivity index (χ3n) is 2.88. The lowest BCUT2D eigenvalue weighted by Gasteiger charge is -2.36. The number of rotatable bonds is 4. The number of amides is 1. The molecule has 0 spiro atoms. The minimum atomic E-state index is 0.254. The number of nitrogens with zero attached hydrogens (tertiary/aromatic N) is 1. The monoisotopic (exact) mass is 228 g/mol. The van der Waals surface area contributed by atoms with Gasteiger partial charge in [-0.1, -0.05) is 6.92 Å². The lowest BCUT2D eigenvalue weighted by atomic mass is 10.1. The van der Waals surface area contributed by atoms with E-state index in [0.29, 0.717) is 31.0 Å². The number of carbonyl (C=O) groups excluding carboxylic acids is 1. The molecule has 3 unspecified atom stereocenters. The molecule has 94 valence electrons. The number of carbonyl (C=O) groups is 1. The molecular formula is C12H24N2O2. The highest BCUT2D eigenvalue weighted by Crippen LogP contribution is 2.10. The minimum absolute atomic E-state index is 0.254. The summed E-state index contributed by atoms with van der Waals surface area (Å²) >= 11 is 0. The van der Waals surface area contributed by atoms with Crippen LogP contribution < -0.4 is 5.32 Å². The first-order valence-electron chi connectivity index (χ1n) is 6.05. The Balaban J connectivity index is 2.40. The number of piperazine rings is 1. The van der Waals surface area contributed by atoms with Gasteiger partial charge in [-0.3, -0.25) is 4.79 Å². The SMILES string of the molecule is COCC(C)CC(=O)N1CC(C)NC(C)C1. The van der Waals surface area contributed by atoms with Gasteiger partial charge in [-0.25, -0.2) is 0 Å². The summed E-state index contributed by atoms with van der Waals surface area (Å²) in [7, 11) is 1.68. The Bertz CT molecular complexity index is 223. The molecule has 0 bridgehead atoms. The van der Waals surface area contributed by atoms with Crippen LogP contribution in [0.25, 0.3) is 0 Å². The van der Waals surface area contributed by atoms with Crippen molar-refractivity contribution in [3.63, 3.8) is 0 Å². The maximum atomic E-state index is 12.0. The summed E-state index contributed by atoms with van der Waals surface area (Å²) in [6, 6.07) is 0.788. The molecule has 1 saturated heterocycles. The fraction of sp³-hybridized carbons (Fsp3) is 0.917. The number of nitrogens with one attached hydrogen (secondary N) is 1. The van der Waals surface area contributed by atoms with Crippen molar-refractivity contribution in [2.75, 3.05) is 26.8 Å². The van der Waals surface area contributed by atoms with Crippen LogP contribution in [-0.2, 0) is 9.53 Å². The van der Waals surface area contributed by atoms with E-state index >= 15 is 0 Å². The quantitative estimate of drug-likeness (QED) is 0.776. The molecular weight excluding hydrogens is 204 g/mol. The van der Waals surface area contributed by atoms with E-state index in [4.69, 9.17) is 4.74 Å². The molecule has 0 radical (unpaired) electrons. The van der Waals surface area contributed by atoms with E-state index in [1.54, 1.807) is 7.11 Å². The molecule has 1 fully saturated rings. The zero-order chi connectivity index (χ0) is 12.1. The molecule has 4 nitrogen and oxygen atoms in total. The molecule has 1 heterocycles. The van der Waals surface area contributed by atoms with E-state index in [1.807, 2.05) is 4.90 Å². The van der Waals surface area contributed by atoms with Crippen LogP contribution in [-0.4, -0.2) is 49.7 Å². The molecule has 1 aliphatic rings. The van der Waals surface area contributed by atoms with Crippen molar-refractivity contribution < 1.29 is 9.53 Å². The van der Waals surface area contributed by atoms with Gasteiger partial charge >= 0.3 is 0 Å². The van der Waals surface area contributed by atoms with Crippen LogP contribution in [0.15, 0.2) is 0 Å². The molecule has 1 aliphatic heterocycles. The zero-order valence-corrected chi connectivity index (χ0v) is 10.8. The van der Waals surface area contributed by atoms with E-state index in [1.165, 1.54) is 0 Å². The van der Waals surface area contributed by atoms with Crippen molar-refractivity contribution in [2.24, 2.45) is 5.92 Å². The second kappa shape index (κ2) is 6.21. The van der Waals surface area contributed by atoms with Crippen LogP contribution >= 0.6 is 0 Å². The number of ether oxygens (including phenoxy) is 1. The zero-order valence-electron chi connectivity index (χ0n) is 10.8. The Morgan fingerprint density at radius 1 is 1.44 bits per heavy atom. The molecule has 0 aromatic heterocycles. The standard InChI is InChI=1S/C12H24N2O2/c1-9(8-16-4)5-12(15)14-6-10(2)13-11(3)7-14/h9-11,13H,5-8H2,1-4H3. The highest BCUT2D eigenvalue weighted by molar-refractivity contribution is 5.76. The highest BCUT2D eigenvalue weighted by atomic mass is 16.5. The maximum Gasteiger partial charge on any atom is 0.223 e. The highest BCUT2D eigenvalue weighted by Gasteiger charge is 2.25. The van der Waals surface area contributed by atoms with Crippen LogP contribution in [0.2, 0.25) is 0 Å². The molecule has 0 aromatic rings. The van der Waals surface area contributed by atoms with Gasteiger partial charge in [-0.05, 0) is 19.8 Å². The summed E-state index contributed by atoms with van der Waals surface area (Å²) in [5.41, 5.74) is 0. The molecule has 0 aromatic carbocycles. The fourth-order valence-corrected chi connectivity index (χ4v) is 2.30. The van der Waals surface area contributed by atoms with Crippen molar-refractivity contribution in [1.82, 2.24) is 10.2 Å². The molecule has 16 heavy (non-hydrogen) atoms. The molecule has 4 heteroatoms. The summed E-state index contributed by atoms with van der Waals surface area (Å²) in [6.45, 7) is 8.59. The van der Waals surface area contributed by atoms with Crippen LogP contribution in [0.3, 0.4) is 0 Å². The Hall–Kier alpha value is -0.610. The summed E-state index contributed by atoms with van der Waals surface area (Å²) in [5.74, 6) is 0.558. The second-order valence-corrected chi connectivity index (χ2v) is 5.03. The normalized spacial score (nSPS) is 27.9. The number of hydrogen-bond donors (Lipinski definition) is 1. The van der Waals surface area contributed by atoms with Gasteiger partial charge in [0.2, 0.25) is 5.91 Å². The number of hydrogen-bond acceptors (Lipinski definition) is 3. The van der Waals surface area contributed by atoms with E-state index in [9.17, 15) is 4.79 Å². The molecule has 0 saturated carbocycles. The molecule has 1 N–H and O–H groups in total. The van der Waals surface area contributed by atoms with Crippen molar-refractivity contribution in [2.45, 2.75) is 39.3 Å². The molecule has 1 rings (SSSR count). The van der Waals surface area contributed by atoms with Crippen LogP contribution in [0, 0.1) is 5.92 Å². The average molecular weight is 228 g/mol. The summed E-state index contributed by atoms with van der Waals surface area (Å²) in [5, 5.41) is 3.42. The van der Waals surface area contributed by atoms with Crippen molar-refractivity contribution in [3.8, 4) is 0 Å². The van der Waals surface area contributed by atoms with E-state index in [2.05, 4.69) is 26.1 Å². The summed E-state index contributed by atoms with van der Waals surface area (Å²) in [6.07, 6.45) is 0.591. The van der Waals surface area contributed by atoms with Gasteiger partial charge in [0.15, 0.2) is 0 Å². The van der Waals surface area contributed by atoms with Gasteiger partial charge in [0, 0.05) is 45.3 Å². The first-order valence-corrected chi connectivity index (χ1v) is 6.05. The predicted octanol–water partition coefficient (Wildman–Crippen LogP) is 0.868. The smallest absolute Gasteiger partial charge is 0.223 e. The van der Waals surface area contributed by atoms with E-state index < -0.39 is 0 Å². The fourth-order valence-electron chi connectivity index (χ4n) is 2.30. The first kappa shape index (κ1) is 13.5. The maximum absolute atomic E-state index is 12.0. The summed E-state index contributed by atoms with van der Waals surface area (Å²) in [4.78, 5) is 14.0. The van der Waals surface area contributed by atoms with Gasteiger partial charge in [-0.15, -0.1) is 0 Å². The van der Waals surface area contributed by atoms with Crippen molar-refractivity contribution in [1.29, 1.82) is 0 Å². The van der Waals surface area contributed by atoms with Crippen LogP contribution in [0.4, 0.5) is 0 Å². The molecule has 0 aliphatic carbocycles. The van der Waals surface area contributed by atoms with Crippen molar-refractivity contribution in [3.05, 3.63) is 0 Å². The number of methoxy groups -OCH3 is 1. The second-order valence-electron chi connectivity index (χ2n) is 5.03. The molecule has 3 atom stereocenters. The predicted molar refractivity (Wildman–Crippen MR) is 64.3 cm³/mol. The van der Waals surface area contributed by atoms with Crippen LogP contribution in [0.5, 0.6) is 0 Å². The van der Waals surface area contributed by atoms with Gasteiger partial charge in [0.25, 0.3) is 0 Å². The average Bonchev–Trinajstić information content (AvgIpc) is 2.16. The van der Waals surface area contributed by atoms with Crippen LogP contribution in [0.1, 0.15) is 27.2 Å². The first-order chi connectivity index (χ1) is 7.52. The van der Waals surface area contributed by atoms with Gasteiger partial charge in [0.05, 0.1) is 0 Å². The lowest BCUT2D eigenvalue weighted by Crippen LogP contribution is -2.56. The summed E-state index contributed by atoms with van der Waals surface area (Å²) < 4.78 is 5.05. The largest absolute Gasteiger partial charge is 0.384 e. The Morgan fingerprint density at radius 2 is 2.00 bits per heavy atom. The minimum Gasteiger partial charge on any atom is -0.384 e. The Kier molecular flexibility index (Phi) is 5.22. The van der Waals surface area contributed by atoms with Crippen molar-refractivity contribution >= 4 is 5.91 Å². The van der Waals surface area contributed by atoms with Gasteiger partial charge < -0.3 is 15.0 Å². The van der Waals surface area contributed by atoms with Gasteiger partial charge in [0.1, 0.15) is 0 Å². The third-order valence-corrected chi connectivity index (χ3v) is 2.88. The topological polar surface area (TPSA) is 41.6 Å². The Labute approximate surface area is 98.3 Å². The molecule has 1 amide bonds.